The third-order valence-corrected chi connectivity index (χ3v) is 5.50. The first-order chi connectivity index (χ1) is 13.5. The molecule has 0 radical (unpaired) electrons. The van der Waals surface area contributed by atoms with Gasteiger partial charge >= 0.3 is 0 Å². The van der Waals surface area contributed by atoms with Crippen LogP contribution in [0.25, 0.3) is 6.08 Å². The van der Waals surface area contributed by atoms with Crippen molar-refractivity contribution in [3.63, 3.8) is 0 Å². The van der Waals surface area contributed by atoms with Crippen molar-refractivity contribution in [3.05, 3.63) is 70.6 Å². The van der Waals surface area contributed by atoms with Crippen LogP contribution in [-0.2, 0) is 4.79 Å². The number of ketones is 1. The molecule has 2 aromatic rings. The van der Waals surface area contributed by atoms with Crippen LogP contribution < -0.4 is 4.90 Å². The smallest absolute Gasteiger partial charge is 0.293 e. The second-order valence-electron chi connectivity index (χ2n) is 6.32. The number of nitrogens with zero attached hydrogens (tertiary/aromatic N) is 2. The SMILES string of the molecule is CCN(CC)c1ccc(/C=C2\SC(=O)N(CC(=O)c3ccccc3)C2=O)cc1. The molecule has 0 aliphatic carbocycles. The number of hydrogen-bond donors (Lipinski definition) is 0. The van der Waals surface area contributed by atoms with E-state index in [2.05, 4.69) is 18.7 Å². The summed E-state index contributed by atoms with van der Waals surface area (Å²) < 4.78 is 0. The summed E-state index contributed by atoms with van der Waals surface area (Å²) in [5, 5.41) is -0.416. The maximum atomic E-state index is 12.6. The summed E-state index contributed by atoms with van der Waals surface area (Å²) in [7, 11) is 0. The molecule has 0 N–H and O–H groups in total. The number of carbonyl (C=O) groups is 3. The Bertz CT molecular complexity index is 903. The van der Waals surface area contributed by atoms with Crippen molar-refractivity contribution in [2.24, 2.45) is 0 Å². The predicted octanol–water partition coefficient (Wildman–Crippen LogP) is 4.45. The molecular weight excluding hydrogens is 372 g/mol. The molecule has 0 atom stereocenters. The summed E-state index contributed by atoms with van der Waals surface area (Å²) in [6.07, 6.45) is 1.70. The number of hydrogen-bond acceptors (Lipinski definition) is 5. The van der Waals surface area contributed by atoms with E-state index in [0.717, 1.165) is 41.0 Å². The number of benzene rings is 2. The quantitative estimate of drug-likeness (QED) is 0.513. The van der Waals surface area contributed by atoms with Crippen LogP contribution in [0.1, 0.15) is 29.8 Å². The van der Waals surface area contributed by atoms with Crippen molar-refractivity contribution in [3.8, 4) is 0 Å². The van der Waals surface area contributed by atoms with Crippen LogP contribution in [0.2, 0.25) is 0 Å². The molecule has 2 aromatic carbocycles. The third kappa shape index (κ3) is 4.34. The fraction of sp³-hybridized carbons (Fsp3) is 0.227. The van der Waals surface area contributed by atoms with Crippen LogP contribution in [0.4, 0.5) is 10.5 Å². The number of rotatable bonds is 7. The molecule has 6 heteroatoms. The van der Waals surface area contributed by atoms with E-state index in [9.17, 15) is 14.4 Å². The second-order valence-corrected chi connectivity index (χ2v) is 7.31. The summed E-state index contributed by atoms with van der Waals surface area (Å²) in [6, 6.07) is 16.5. The maximum absolute atomic E-state index is 12.6. The monoisotopic (exact) mass is 394 g/mol. The first kappa shape index (κ1) is 19.9. The van der Waals surface area contributed by atoms with Gasteiger partial charge in [-0.25, -0.2) is 0 Å². The van der Waals surface area contributed by atoms with E-state index in [1.54, 1.807) is 30.3 Å². The topological polar surface area (TPSA) is 57.7 Å². The number of amides is 2. The average molecular weight is 394 g/mol. The maximum Gasteiger partial charge on any atom is 0.293 e. The first-order valence-electron chi connectivity index (χ1n) is 9.22. The van der Waals surface area contributed by atoms with Gasteiger partial charge in [-0.3, -0.25) is 19.3 Å². The molecule has 1 heterocycles. The third-order valence-electron chi connectivity index (χ3n) is 4.59. The molecule has 2 amide bonds. The molecule has 0 saturated carbocycles. The molecule has 5 nitrogen and oxygen atoms in total. The highest BCUT2D eigenvalue weighted by atomic mass is 32.2. The molecule has 0 bridgehead atoms. The van der Waals surface area contributed by atoms with Crippen molar-refractivity contribution in [2.45, 2.75) is 13.8 Å². The Kier molecular flexibility index (Phi) is 6.31. The zero-order valence-corrected chi connectivity index (χ0v) is 16.7. The van der Waals surface area contributed by atoms with Crippen LogP contribution in [0.5, 0.6) is 0 Å². The largest absolute Gasteiger partial charge is 0.372 e. The number of thioether (sulfide) groups is 1. The van der Waals surface area contributed by atoms with Crippen LogP contribution >= 0.6 is 11.8 Å². The van der Waals surface area contributed by atoms with Gasteiger partial charge in [-0.05, 0) is 49.4 Å². The van der Waals surface area contributed by atoms with Gasteiger partial charge in [-0.15, -0.1) is 0 Å². The lowest BCUT2D eigenvalue weighted by Gasteiger charge is -2.20. The molecule has 1 fully saturated rings. The van der Waals surface area contributed by atoms with Gasteiger partial charge in [0, 0.05) is 24.3 Å². The molecule has 1 aliphatic rings. The summed E-state index contributed by atoms with van der Waals surface area (Å²) in [5.41, 5.74) is 2.44. The van der Waals surface area contributed by atoms with Gasteiger partial charge in [0.05, 0.1) is 11.4 Å². The van der Waals surface area contributed by atoms with Gasteiger partial charge in [-0.1, -0.05) is 42.5 Å². The van der Waals surface area contributed by atoms with Gasteiger partial charge in [0.25, 0.3) is 11.1 Å². The van der Waals surface area contributed by atoms with E-state index in [-0.39, 0.29) is 12.3 Å². The van der Waals surface area contributed by atoms with E-state index >= 15 is 0 Å². The molecular formula is C22H22N2O3S. The average Bonchev–Trinajstić information content (AvgIpc) is 2.98. The first-order valence-corrected chi connectivity index (χ1v) is 10.0. The van der Waals surface area contributed by atoms with Crippen molar-refractivity contribution in [1.82, 2.24) is 4.90 Å². The minimum absolute atomic E-state index is 0.243. The summed E-state index contributed by atoms with van der Waals surface area (Å²) >= 11 is 0.869. The summed E-state index contributed by atoms with van der Waals surface area (Å²) in [6.45, 7) is 5.80. The number of Topliss-reactive ketones (excluding diaryl/α,β-unsaturated/α-hetero) is 1. The van der Waals surface area contributed by atoms with Gasteiger partial charge in [-0.2, -0.15) is 0 Å². The lowest BCUT2D eigenvalue weighted by Crippen LogP contribution is -2.33. The Balaban J connectivity index is 1.73. The zero-order chi connectivity index (χ0) is 20.1. The van der Waals surface area contributed by atoms with Crippen molar-refractivity contribution < 1.29 is 14.4 Å². The predicted molar refractivity (Wildman–Crippen MR) is 113 cm³/mol. The molecule has 0 aromatic heterocycles. The van der Waals surface area contributed by atoms with E-state index in [1.807, 2.05) is 30.3 Å². The molecule has 144 valence electrons. The fourth-order valence-electron chi connectivity index (χ4n) is 3.02. The standard InChI is InChI=1S/C22H22N2O3S/c1-3-23(4-2)18-12-10-16(11-13-18)14-20-21(26)24(22(27)28-20)15-19(25)17-8-6-5-7-9-17/h5-14H,3-4,15H2,1-2H3/b20-14-. The molecule has 1 saturated heterocycles. The van der Waals surface area contributed by atoms with E-state index in [4.69, 9.17) is 0 Å². The normalized spacial score (nSPS) is 15.4. The fourth-order valence-corrected chi connectivity index (χ4v) is 3.86. The summed E-state index contributed by atoms with van der Waals surface area (Å²) in [5.74, 6) is -0.681. The zero-order valence-electron chi connectivity index (χ0n) is 15.9. The van der Waals surface area contributed by atoms with Crippen LogP contribution in [0.3, 0.4) is 0 Å². The molecule has 28 heavy (non-hydrogen) atoms. The van der Waals surface area contributed by atoms with Crippen LogP contribution in [-0.4, -0.2) is 41.5 Å². The van der Waals surface area contributed by atoms with Crippen LogP contribution in [0.15, 0.2) is 59.5 Å². The minimum atomic E-state index is -0.424. The second kappa shape index (κ2) is 8.89. The van der Waals surface area contributed by atoms with Gasteiger partial charge in [0.1, 0.15) is 0 Å². The van der Waals surface area contributed by atoms with Gasteiger partial charge in [0.2, 0.25) is 0 Å². The minimum Gasteiger partial charge on any atom is -0.372 e. The number of anilines is 1. The van der Waals surface area contributed by atoms with Crippen molar-refractivity contribution in [2.75, 3.05) is 24.5 Å². The van der Waals surface area contributed by atoms with Crippen molar-refractivity contribution >= 4 is 40.5 Å². The highest BCUT2D eigenvalue weighted by molar-refractivity contribution is 8.18. The molecule has 0 unspecified atom stereocenters. The Morgan fingerprint density at radius 1 is 1.00 bits per heavy atom. The van der Waals surface area contributed by atoms with Crippen LogP contribution in [0, 0.1) is 0 Å². The lowest BCUT2D eigenvalue weighted by atomic mass is 10.1. The Labute approximate surface area is 169 Å². The number of carbonyl (C=O) groups excluding carboxylic acids is 3. The Morgan fingerprint density at radius 2 is 1.64 bits per heavy atom. The highest BCUT2D eigenvalue weighted by Crippen LogP contribution is 2.32. The Morgan fingerprint density at radius 3 is 2.25 bits per heavy atom. The Hall–Kier alpha value is -2.86. The van der Waals surface area contributed by atoms with E-state index < -0.39 is 11.1 Å². The van der Waals surface area contributed by atoms with Crippen molar-refractivity contribution in [1.29, 1.82) is 0 Å². The molecule has 1 aliphatic heterocycles. The molecule has 3 rings (SSSR count). The highest BCUT2D eigenvalue weighted by Gasteiger charge is 2.36. The van der Waals surface area contributed by atoms with Gasteiger partial charge in [0.15, 0.2) is 5.78 Å². The van der Waals surface area contributed by atoms with E-state index in [1.165, 1.54) is 0 Å². The number of imide groups is 1. The van der Waals surface area contributed by atoms with Gasteiger partial charge < -0.3 is 4.90 Å². The lowest BCUT2D eigenvalue weighted by molar-refractivity contribution is -0.122. The molecule has 0 spiro atoms. The summed E-state index contributed by atoms with van der Waals surface area (Å²) in [4.78, 5) is 40.8. The van der Waals surface area contributed by atoms with E-state index in [0.29, 0.717) is 10.5 Å².